The van der Waals surface area contributed by atoms with Crippen molar-refractivity contribution in [3.63, 3.8) is 0 Å². The number of aromatic amines is 1. The normalized spacial score (nSPS) is 11.1. The highest BCUT2D eigenvalue weighted by molar-refractivity contribution is 7.71. The molecular weight excluding hydrogens is 336 g/mol. The highest BCUT2D eigenvalue weighted by atomic mass is 32.1. The topological polar surface area (TPSA) is 75.4 Å². The van der Waals surface area contributed by atoms with Gasteiger partial charge in [0.25, 0.3) is 0 Å². The van der Waals surface area contributed by atoms with Gasteiger partial charge in [-0.1, -0.05) is 18.2 Å². The van der Waals surface area contributed by atoms with Crippen LogP contribution in [0, 0.1) is 18.6 Å². The predicted molar refractivity (Wildman–Crippen MR) is 98.8 cm³/mol. The van der Waals surface area contributed by atoms with Gasteiger partial charge in [0.2, 0.25) is 4.77 Å². The van der Waals surface area contributed by atoms with Gasteiger partial charge in [-0.15, -0.1) is 0 Å². The summed E-state index contributed by atoms with van der Waals surface area (Å²) in [5.74, 6) is 1.62. The number of phenols is 1. The van der Waals surface area contributed by atoms with E-state index in [1.165, 1.54) is 4.68 Å². The van der Waals surface area contributed by atoms with Gasteiger partial charge in [-0.25, -0.2) is 5.10 Å². The summed E-state index contributed by atoms with van der Waals surface area (Å²) in [6, 6.07) is 12.7. The van der Waals surface area contributed by atoms with Crippen molar-refractivity contribution >= 4 is 18.4 Å². The lowest BCUT2D eigenvalue weighted by Crippen LogP contribution is -2.05. The van der Waals surface area contributed by atoms with Crippen LogP contribution in [-0.2, 0) is 6.61 Å². The molecule has 6 nitrogen and oxygen atoms in total. The van der Waals surface area contributed by atoms with Crippen LogP contribution >= 0.6 is 12.2 Å². The maximum Gasteiger partial charge on any atom is 0.216 e. The SMILES string of the molecule is Cc1cccc(C)c1OCc1n[nH]c(=S)n1/N=C/c1ccc(O)cc1. The fourth-order valence-corrected chi connectivity index (χ4v) is 2.58. The minimum absolute atomic E-state index is 0.208. The first-order chi connectivity index (χ1) is 12.0. The van der Waals surface area contributed by atoms with Gasteiger partial charge in [-0.3, -0.25) is 0 Å². The molecule has 0 fully saturated rings. The lowest BCUT2D eigenvalue weighted by atomic mass is 10.1. The summed E-state index contributed by atoms with van der Waals surface area (Å²) in [5, 5.41) is 20.6. The molecule has 0 atom stereocenters. The van der Waals surface area contributed by atoms with Gasteiger partial charge in [0, 0.05) is 0 Å². The number of aromatic hydroxyl groups is 1. The molecule has 0 aliphatic rings. The predicted octanol–water partition coefficient (Wildman–Crippen LogP) is 3.72. The molecule has 1 heterocycles. The van der Waals surface area contributed by atoms with Gasteiger partial charge >= 0.3 is 0 Å². The largest absolute Gasteiger partial charge is 0.508 e. The lowest BCUT2D eigenvalue weighted by Gasteiger charge is -2.11. The van der Waals surface area contributed by atoms with Crippen molar-refractivity contribution in [1.82, 2.24) is 14.9 Å². The van der Waals surface area contributed by atoms with E-state index in [0.717, 1.165) is 22.4 Å². The summed E-state index contributed by atoms with van der Waals surface area (Å²) < 4.78 is 7.83. The summed E-state index contributed by atoms with van der Waals surface area (Å²) in [5.41, 5.74) is 2.96. The molecular formula is C18H18N4O2S. The van der Waals surface area contributed by atoms with Crippen LogP contribution in [0.2, 0.25) is 0 Å². The van der Waals surface area contributed by atoms with E-state index in [2.05, 4.69) is 15.3 Å². The van der Waals surface area contributed by atoms with Gasteiger partial charge in [0.1, 0.15) is 18.1 Å². The Morgan fingerprint density at radius 1 is 1.20 bits per heavy atom. The fraction of sp³-hybridized carbons (Fsp3) is 0.167. The van der Waals surface area contributed by atoms with E-state index in [9.17, 15) is 5.11 Å². The number of ether oxygens (including phenoxy) is 1. The van der Waals surface area contributed by atoms with Crippen LogP contribution < -0.4 is 4.74 Å². The zero-order valence-corrected chi connectivity index (χ0v) is 14.7. The van der Waals surface area contributed by atoms with E-state index >= 15 is 0 Å². The summed E-state index contributed by atoms with van der Waals surface area (Å²) in [7, 11) is 0. The summed E-state index contributed by atoms with van der Waals surface area (Å²) in [4.78, 5) is 0. The molecule has 0 aliphatic heterocycles. The molecule has 7 heteroatoms. The molecule has 2 N–H and O–H groups in total. The Balaban J connectivity index is 1.80. The second-order valence-corrected chi connectivity index (χ2v) is 5.99. The smallest absolute Gasteiger partial charge is 0.216 e. The monoisotopic (exact) mass is 354 g/mol. The van der Waals surface area contributed by atoms with E-state index < -0.39 is 0 Å². The second kappa shape index (κ2) is 7.31. The summed E-state index contributed by atoms with van der Waals surface area (Å²) in [6.07, 6.45) is 1.65. The van der Waals surface area contributed by atoms with Crippen LogP contribution in [0.25, 0.3) is 0 Å². The molecule has 0 unspecified atom stereocenters. The number of nitrogens with zero attached hydrogens (tertiary/aromatic N) is 3. The molecule has 0 saturated carbocycles. The van der Waals surface area contributed by atoms with Crippen molar-refractivity contribution in [2.24, 2.45) is 5.10 Å². The molecule has 0 amide bonds. The molecule has 0 aliphatic carbocycles. The Morgan fingerprint density at radius 2 is 1.88 bits per heavy atom. The maximum absolute atomic E-state index is 9.32. The quantitative estimate of drug-likeness (QED) is 0.541. The van der Waals surface area contributed by atoms with Gasteiger partial charge in [0.05, 0.1) is 6.21 Å². The third-order valence-electron chi connectivity index (χ3n) is 3.69. The first-order valence-electron chi connectivity index (χ1n) is 7.73. The number of H-pyrrole nitrogens is 1. The Hall–Kier alpha value is -2.93. The number of para-hydroxylation sites is 1. The number of aryl methyl sites for hydroxylation is 2. The van der Waals surface area contributed by atoms with Crippen LogP contribution in [0.15, 0.2) is 47.6 Å². The number of benzene rings is 2. The number of hydrogen-bond acceptors (Lipinski definition) is 5. The van der Waals surface area contributed by atoms with Crippen molar-refractivity contribution in [2.45, 2.75) is 20.5 Å². The molecule has 0 spiro atoms. The van der Waals surface area contributed by atoms with E-state index in [1.807, 2.05) is 32.0 Å². The number of nitrogens with one attached hydrogen (secondary N) is 1. The van der Waals surface area contributed by atoms with E-state index in [4.69, 9.17) is 17.0 Å². The molecule has 0 saturated heterocycles. The average Bonchev–Trinajstić information content (AvgIpc) is 2.94. The Kier molecular flexibility index (Phi) is 4.95. The van der Waals surface area contributed by atoms with E-state index in [0.29, 0.717) is 10.6 Å². The molecule has 25 heavy (non-hydrogen) atoms. The Labute approximate surface area is 150 Å². The Bertz CT molecular complexity index is 938. The molecule has 1 aromatic heterocycles. The molecule has 0 radical (unpaired) electrons. The van der Waals surface area contributed by atoms with E-state index in [1.54, 1.807) is 30.5 Å². The third-order valence-corrected chi connectivity index (χ3v) is 3.95. The van der Waals surface area contributed by atoms with Crippen molar-refractivity contribution in [2.75, 3.05) is 0 Å². The molecule has 128 valence electrons. The maximum atomic E-state index is 9.32. The molecule has 0 bridgehead atoms. The first kappa shape index (κ1) is 16.9. The highest BCUT2D eigenvalue weighted by Crippen LogP contribution is 2.23. The van der Waals surface area contributed by atoms with Gasteiger partial charge < -0.3 is 9.84 Å². The van der Waals surface area contributed by atoms with Gasteiger partial charge in [-0.05, 0) is 67.0 Å². The number of phenolic OH excluding ortho intramolecular Hbond substituents is 1. The van der Waals surface area contributed by atoms with Crippen LogP contribution in [0.1, 0.15) is 22.5 Å². The van der Waals surface area contributed by atoms with Gasteiger partial charge in [-0.2, -0.15) is 14.9 Å². The summed E-state index contributed by atoms with van der Waals surface area (Å²) >= 11 is 5.23. The number of hydrogen-bond donors (Lipinski definition) is 2. The van der Waals surface area contributed by atoms with Crippen molar-refractivity contribution in [3.8, 4) is 11.5 Å². The average molecular weight is 354 g/mol. The zero-order valence-electron chi connectivity index (χ0n) is 13.9. The minimum Gasteiger partial charge on any atom is -0.508 e. The van der Waals surface area contributed by atoms with Crippen molar-refractivity contribution < 1.29 is 9.84 Å². The molecule has 3 aromatic rings. The third kappa shape index (κ3) is 3.95. The van der Waals surface area contributed by atoms with E-state index in [-0.39, 0.29) is 12.4 Å². The molecule has 2 aromatic carbocycles. The van der Waals surface area contributed by atoms with Crippen molar-refractivity contribution in [1.29, 1.82) is 0 Å². The first-order valence-corrected chi connectivity index (χ1v) is 8.14. The Morgan fingerprint density at radius 3 is 2.56 bits per heavy atom. The van der Waals surface area contributed by atoms with Crippen LogP contribution in [0.5, 0.6) is 11.5 Å². The van der Waals surface area contributed by atoms with Crippen LogP contribution in [0.4, 0.5) is 0 Å². The standard InChI is InChI=1S/C18H18N4O2S/c1-12-4-3-5-13(2)17(12)24-11-16-20-21-18(25)22(16)19-10-14-6-8-15(23)9-7-14/h3-10,23H,11H2,1-2H3,(H,21,25)/b19-10+. The molecule has 3 rings (SSSR count). The second-order valence-electron chi connectivity index (χ2n) is 5.60. The minimum atomic E-state index is 0.208. The zero-order chi connectivity index (χ0) is 17.8. The fourth-order valence-electron chi connectivity index (χ4n) is 2.39. The summed E-state index contributed by atoms with van der Waals surface area (Å²) in [6.45, 7) is 4.25. The number of aromatic nitrogens is 3. The number of rotatable bonds is 5. The van der Waals surface area contributed by atoms with Gasteiger partial charge in [0.15, 0.2) is 5.82 Å². The van der Waals surface area contributed by atoms with Crippen LogP contribution in [-0.4, -0.2) is 26.2 Å². The van der Waals surface area contributed by atoms with Crippen molar-refractivity contribution in [3.05, 3.63) is 69.8 Å². The highest BCUT2D eigenvalue weighted by Gasteiger charge is 2.09. The van der Waals surface area contributed by atoms with Crippen LogP contribution in [0.3, 0.4) is 0 Å². The lowest BCUT2D eigenvalue weighted by molar-refractivity contribution is 0.287.